The van der Waals surface area contributed by atoms with Gasteiger partial charge in [0.1, 0.15) is 5.75 Å². The van der Waals surface area contributed by atoms with Gasteiger partial charge in [-0.2, -0.15) is 0 Å². The lowest BCUT2D eigenvalue weighted by molar-refractivity contribution is -0.274. The fourth-order valence-corrected chi connectivity index (χ4v) is 6.03. The number of alkyl halides is 3. The van der Waals surface area contributed by atoms with Crippen LogP contribution in [-0.4, -0.2) is 38.1 Å². The van der Waals surface area contributed by atoms with Gasteiger partial charge in [-0.25, -0.2) is 13.1 Å². The normalized spacial score (nSPS) is 21.8. The van der Waals surface area contributed by atoms with Crippen LogP contribution in [-0.2, 0) is 10.0 Å². The van der Waals surface area contributed by atoms with E-state index in [-0.39, 0.29) is 4.90 Å². The number of fused-ring (bicyclic) bond motifs is 2. The second kappa shape index (κ2) is 9.30. The van der Waals surface area contributed by atoms with E-state index in [0.29, 0.717) is 30.8 Å². The van der Waals surface area contributed by atoms with Crippen LogP contribution in [0.3, 0.4) is 0 Å². The van der Waals surface area contributed by atoms with Crippen molar-refractivity contribution in [2.75, 3.05) is 4.90 Å². The number of halogens is 3. The molecule has 1 saturated carbocycles. The van der Waals surface area contributed by atoms with Crippen molar-refractivity contribution in [1.29, 1.82) is 0 Å². The Morgan fingerprint density at radius 2 is 1.50 bits per heavy atom. The zero-order valence-corrected chi connectivity index (χ0v) is 19.7. The van der Waals surface area contributed by atoms with Gasteiger partial charge in [0.15, 0.2) is 11.5 Å². The summed E-state index contributed by atoms with van der Waals surface area (Å²) < 4.78 is 75.6. The summed E-state index contributed by atoms with van der Waals surface area (Å²) in [5, 5.41) is 11.4. The third kappa shape index (κ3) is 4.86. The number of aliphatic hydroxyl groups excluding tert-OH is 1. The maximum Gasteiger partial charge on any atom is 0.573 e. The minimum Gasteiger partial charge on any atom is -0.453 e. The molecule has 190 valence electrons. The Kier molecular flexibility index (Phi) is 6.31. The number of benzene rings is 3. The zero-order chi connectivity index (χ0) is 25.5. The number of sulfonamides is 1. The number of rotatable bonds is 5. The van der Waals surface area contributed by atoms with E-state index in [1.165, 1.54) is 0 Å². The van der Waals surface area contributed by atoms with Crippen LogP contribution in [0.5, 0.6) is 17.2 Å². The Morgan fingerprint density at radius 3 is 2.08 bits per heavy atom. The first kappa shape index (κ1) is 24.4. The van der Waals surface area contributed by atoms with Crippen molar-refractivity contribution < 1.29 is 36.2 Å². The van der Waals surface area contributed by atoms with Crippen LogP contribution in [0.4, 0.5) is 24.5 Å². The topological polar surface area (TPSA) is 88.1 Å². The molecule has 0 bridgehead atoms. The molecule has 0 radical (unpaired) electrons. The highest BCUT2D eigenvalue weighted by atomic mass is 32.2. The van der Waals surface area contributed by atoms with Crippen molar-refractivity contribution in [3.63, 3.8) is 0 Å². The lowest BCUT2D eigenvalue weighted by atomic mass is 9.86. The van der Waals surface area contributed by atoms with E-state index in [2.05, 4.69) is 9.46 Å². The Hall–Kier alpha value is -3.28. The molecule has 0 spiro atoms. The molecule has 36 heavy (non-hydrogen) atoms. The number of hydrogen-bond donors (Lipinski definition) is 2. The van der Waals surface area contributed by atoms with Gasteiger partial charge in [0, 0.05) is 0 Å². The van der Waals surface area contributed by atoms with E-state index in [4.69, 9.17) is 4.74 Å². The Bertz CT molecular complexity index is 1300. The molecule has 0 amide bonds. The summed E-state index contributed by atoms with van der Waals surface area (Å²) in [7, 11) is -4.12. The van der Waals surface area contributed by atoms with Crippen LogP contribution in [0.2, 0.25) is 0 Å². The molecule has 0 aromatic heterocycles. The van der Waals surface area contributed by atoms with Crippen LogP contribution in [0.25, 0.3) is 0 Å². The summed E-state index contributed by atoms with van der Waals surface area (Å²) in [5.74, 6) is 0.739. The van der Waals surface area contributed by atoms with E-state index < -0.39 is 40.3 Å². The summed E-state index contributed by atoms with van der Waals surface area (Å²) in [6.45, 7) is 0. The SMILES string of the molecule is O=S(=O)(N[C@H]1CCCC(N2c3ccccc3Oc3ccccc32)[C@@H]1O)c1ccc(OC(F)(F)F)cc1. The number of aliphatic hydroxyl groups is 1. The predicted molar refractivity (Wildman–Crippen MR) is 126 cm³/mol. The van der Waals surface area contributed by atoms with E-state index in [1.54, 1.807) is 0 Å². The predicted octanol–water partition coefficient (Wildman–Crippen LogP) is 5.09. The third-order valence-corrected chi connectivity index (χ3v) is 7.80. The van der Waals surface area contributed by atoms with Gasteiger partial charge in [0.2, 0.25) is 10.0 Å². The van der Waals surface area contributed by atoms with Crippen molar-refractivity contribution >= 4 is 21.4 Å². The van der Waals surface area contributed by atoms with Gasteiger partial charge < -0.3 is 19.5 Å². The summed E-state index contributed by atoms with van der Waals surface area (Å²) in [4.78, 5) is 1.76. The molecule has 1 fully saturated rings. The number of para-hydroxylation sites is 4. The molecule has 1 heterocycles. The van der Waals surface area contributed by atoms with Crippen molar-refractivity contribution in [3.8, 4) is 17.2 Å². The highest BCUT2D eigenvalue weighted by molar-refractivity contribution is 7.89. The van der Waals surface area contributed by atoms with E-state index in [9.17, 15) is 26.7 Å². The van der Waals surface area contributed by atoms with Crippen molar-refractivity contribution in [2.24, 2.45) is 0 Å². The lowest BCUT2D eigenvalue weighted by Gasteiger charge is -2.44. The molecular formula is C25H23F3N2O5S. The molecule has 7 nitrogen and oxygen atoms in total. The summed E-state index contributed by atoms with van der Waals surface area (Å²) in [6, 6.07) is 17.6. The smallest absolute Gasteiger partial charge is 0.453 e. The van der Waals surface area contributed by atoms with Gasteiger partial charge in [0.25, 0.3) is 0 Å². The summed E-state index contributed by atoms with van der Waals surface area (Å²) >= 11 is 0. The van der Waals surface area contributed by atoms with Gasteiger partial charge in [-0.3, -0.25) is 0 Å². The quantitative estimate of drug-likeness (QED) is 0.487. The minimum absolute atomic E-state index is 0.228. The molecule has 11 heteroatoms. The number of ether oxygens (including phenoxy) is 2. The first-order valence-electron chi connectivity index (χ1n) is 11.3. The molecule has 2 N–H and O–H groups in total. The largest absolute Gasteiger partial charge is 0.573 e. The van der Waals surface area contributed by atoms with E-state index in [1.807, 2.05) is 53.4 Å². The van der Waals surface area contributed by atoms with Gasteiger partial charge in [-0.05, 0) is 67.8 Å². The van der Waals surface area contributed by atoms with Crippen LogP contribution < -0.4 is 19.1 Å². The number of nitrogens with zero attached hydrogens (tertiary/aromatic N) is 1. The number of nitrogens with one attached hydrogen (secondary N) is 1. The minimum atomic E-state index is -4.88. The molecule has 3 atom stereocenters. The maximum atomic E-state index is 13.0. The maximum absolute atomic E-state index is 13.0. The van der Waals surface area contributed by atoms with Crippen LogP contribution in [0.1, 0.15) is 19.3 Å². The number of anilines is 2. The van der Waals surface area contributed by atoms with E-state index >= 15 is 0 Å². The Balaban J connectivity index is 1.39. The molecule has 0 saturated heterocycles. The van der Waals surface area contributed by atoms with Gasteiger partial charge in [-0.1, -0.05) is 24.3 Å². The Labute approximate surface area is 206 Å². The highest BCUT2D eigenvalue weighted by Crippen LogP contribution is 2.49. The average molecular weight is 521 g/mol. The summed E-state index contributed by atoms with van der Waals surface area (Å²) in [5.41, 5.74) is 1.54. The molecule has 1 unspecified atom stereocenters. The van der Waals surface area contributed by atoms with Crippen molar-refractivity contribution in [3.05, 3.63) is 72.8 Å². The third-order valence-electron chi connectivity index (χ3n) is 6.30. The lowest BCUT2D eigenvalue weighted by Crippen LogP contribution is -2.56. The zero-order valence-electron chi connectivity index (χ0n) is 18.9. The average Bonchev–Trinajstić information content (AvgIpc) is 2.83. The molecule has 1 aliphatic carbocycles. The molecule has 5 rings (SSSR count). The van der Waals surface area contributed by atoms with E-state index in [0.717, 1.165) is 35.6 Å². The fraction of sp³-hybridized carbons (Fsp3) is 0.280. The number of hydrogen-bond acceptors (Lipinski definition) is 6. The van der Waals surface area contributed by atoms with Gasteiger partial charge >= 0.3 is 6.36 Å². The fourth-order valence-electron chi connectivity index (χ4n) is 4.75. The summed E-state index contributed by atoms with van der Waals surface area (Å²) in [6.07, 6.45) is -4.28. The molecule has 2 aliphatic rings. The van der Waals surface area contributed by atoms with Crippen molar-refractivity contribution in [2.45, 2.75) is 48.7 Å². The first-order valence-corrected chi connectivity index (χ1v) is 12.8. The monoisotopic (exact) mass is 520 g/mol. The highest BCUT2D eigenvalue weighted by Gasteiger charge is 2.41. The van der Waals surface area contributed by atoms with Crippen LogP contribution in [0, 0.1) is 0 Å². The van der Waals surface area contributed by atoms with Crippen LogP contribution in [0.15, 0.2) is 77.7 Å². The van der Waals surface area contributed by atoms with Gasteiger partial charge in [-0.15, -0.1) is 13.2 Å². The second-order valence-electron chi connectivity index (χ2n) is 8.64. The van der Waals surface area contributed by atoms with Crippen molar-refractivity contribution in [1.82, 2.24) is 4.72 Å². The van der Waals surface area contributed by atoms with Gasteiger partial charge in [0.05, 0.1) is 34.5 Å². The van der Waals surface area contributed by atoms with Crippen LogP contribution >= 0.6 is 0 Å². The standard InChI is InChI=1S/C25H23F3N2O5S/c26-25(27,28)35-16-12-14-17(15-13-16)36(32,33)29-18-6-5-9-21(24(18)31)30-19-7-1-3-10-22(19)34-23-11-4-2-8-20(23)30/h1-4,7-8,10-15,18,21,24,29,31H,5-6,9H2/t18-,21?,24+/m0/s1. The first-order chi connectivity index (χ1) is 17.1. The molecule has 1 aliphatic heterocycles. The molecular weight excluding hydrogens is 497 g/mol. The molecule has 3 aromatic rings. The second-order valence-corrected chi connectivity index (χ2v) is 10.4. The Morgan fingerprint density at radius 1 is 0.917 bits per heavy atom. The molecule has 3 aromatic carbocycles.